The largest absolute Gasteiger partial charge is 0.493 e. The van der Waals surface area contributed by atoms with Crippen molar-refractivity contribution in [2.24, 2.45) is 5.92 Å². The number of halogens is 1. The van der Waals surface area contributed by atoms with Gasteiger partial charge in [0, 0.05) is 29.3 Å². The Morgan fingerprint density at radius 3 is 2.82 bits per heavy atom. The molecule has 1 saturated carbocycles. The van der Waals surface area contributed by atoms with Crippen LogP contribution < -0.4 is 9.64 Å². The Morgan fingerprint density at radius 2 is 2.14 bits per heavy atom. The lowest BCUT2D eigenvalue weighted by Gasteiger charge is -2.23. The highest BCUT2D eigenvalue weighted by Crippen LogP contribution is 2.31. The fourth-order valence-electron chi connectivity index (χ4n) is 2.41. The van der Waals surface area contributed by atoms with Gasteiger partial charge >= 0.3 is 0 Å². The SMILES string of the molecule is CCN(Cc1cc(Br)ccc1OCC1CC1)c1ccccn1. The number of hydrogen-bond acceptors (Lipinski definition) is 3. The second-order valence-electron chi connectivity index (χ2n) is 5.71. The van der Waals surface area contributed by atoms with Crippen molar-refractivity contribution in [3.05, 3.63) is 52.6 Å². The Morgan fingerprint density at radius 1 is 1.27 bits per heavy atom. The van der Waals surface area contributed by atoms with Crippen molar-refractivity contribution < 1.29 is 4.74 Å². The van der Waals surface area contributed by atoms with Gasteiger partial charge in [-0.05, 0) is 56.0 Å². The molecule has 116 valence electrons. The van der Waals surface area contributed by atoms with Crippen LogP contribution >= 0.6 is 15.9 Å². The van der Waals surface area contributed by atoms with Crippen LogP contribution in [0.4, 0.5) is 5.82 Å². The minimum Gasteiger partial charge on any atom is -0.493 e. The predicted octanol–water partition coefficient (Wildman–Crippen LogP) is 4.66. The molecule has 0 atom stereocenters. The van der Waals surface area contributed by atoms with E-state index in [0.717, 1.165) is 41.7 Å². The molecule has 1 fully saturated rings. The van der Waals surface area contributed by atoms with Crippen LogP contribution in [0, 0.1) is 5.92 Å². The molecule has 1 heterocycles. The van der Waals surface area contributed by atoms with Gasteiger partial charge in [0.2, 0.25) is 0 Å². The molecule has 0 bridgehead atoms. The molecule has 1 aliphatic rings. The van der Waals surface area contributed by atoms with E-state index in [0.29, 0.717) is 0 Å². The van der Waals surface area contributed by atoms with Gasteiger partial charge in [-0.3, -0.25) is 0 Å². The number of anilines is 1. The Bertz CT molecular complexity index is 614. The molecule has 4 heteroatoms. The van der Waals surface area contributed by atoms with Crippen LogP contribution in [-0.4, -0.2) is 18.1 Å². The molecule has 22 heavy (non-hydrogen) atoms. The lowest BCUT2D eigenvalue weighted by atomic mass is 10.2. The molecule has 0 unspecified atom stereocenters. The first-order valence-electron chi connectivity index (χ1n) is 7.83. The quantitative estimate of drug-likeness (QED) is 0.717. The smallest absolute Gasteiger partial charge is 0.128 e. The van der Waals surface area contributed by atoms with E-state index in [1.54, 1.807) is 0 Å². The monoisotopic (exact) mass is 360 g/mol. The van der Waals surface area contributed by atoms with Gasteiger partial charge in [0.25, 0.3) is 0 Å². The summed E-state index contributed by atoms with van der Waals surface area (Å²) in [6, 6.07) is 12.3. The van der Waals surface area contributed by atoms with Crippen molar-refractivity contribution in [1.82, 2.24) is 4.98 Å². The average Bonchev–Trinajstić information content (AvgIpc) is 3.37. The van der Waals surface area contributed by atoms with Crippen molar-refractivity contribution in [2.75, 3.05) is 18.1 Å². The van der Waals surface area contributed by atoms with Crippen LogP contribution in [0.15, 0.2) is 47.1 Å². The Balaban J connectivity index is 1.78. The van der Waals surface area contributed by atoms with Crippen molar-refractivity contribution in [1.29, 1.82) is 0 Å². The maximum atomic E-state index is 6.03. The van der Waals surface area contributed by atoms with Gasteiger partial charge in [0.15, 0.2) is 0 Å². The standard InChI is InChI=1S/C18H21BrN2O/c1-2-21(18-5-3-4-10-20-18)12-15-11-16(19)8-9-17(15)22-13-14-6-7-14/h3-5,8-11,14H,2,6-7,12-13H2,1H3. The highest BCUT2D eigenvalue weighted by atomic mass is 79.9. The molecular weight excluding hydrogens is 340 g/mol. The topological polar surface area (TPSA) is 25.4 Å². The lowest BCUT2D eigenvalue weighted by Crippen LogP contribution is -2.23. The molecule has 0 radical (unpaired) electrons. The molecule has 1 aromatic carbocycles. The minimum atomic E-state index is 0.759. The number of rotatable bonds is 7. The summed E-state index contributed by atoms with van der Waals surface area (Å²) in [6.45, 7) is 4.69. The van der Waals surface area contributed by atoms with Crippen LogP contribution in [0.5, 0.6) is 5.75 Å². The summed E-state index contributed by atoms with van der Waals surface area (Å²) in [5.41, 5.74) is 1.20. The molecule has 3 nitrogen and oxygen atoms in total. The number of benzene rings is 1. The van der Waals surface area contributed by atoms with Crippen LogP contribution in [0.2, 0.25) is 0 Å². The second-order valence-corrected chi connectivity index (χ2v) is 6.62. The second kappa shape index (κ2) is 7.14. The zero-order valence-corrected chi connectivity index (χ0v) is 14.4. The van der Waals surface area contributed by atoms with Crippen molar-refractivity contribution in [3.63, 3.8) is 0 Å². The highest BCUT2D eigenvalue weighted by molar-refractivity contribution is 9.10. The maximum Gasteiger partial charge on any atom is 0.128 e. The molecule has 0 aliphatic heterocycles. The van der Waals surface area contributed by atoms with Gasteiger partial charge < -0.3 is 9.64 Å². The van der Waals surface area contributed by atoms with Gasteiger partial charge in [-0.2, -0.15) is 0 Å². The fraction of sp³-hybridized carbons (Fsp3) is 0.389. The number of nitrogens with zero attached hydrogens (tertiary/aromatic N) is 2. The van der Waals surface area contributed by atoms with Crippen molar-refractivity contribution >= 4 is 21.7 Å². The molecule has 0 amide bonds. The van der Waals surface area contributed by atoms with E-state index in [1.807, 2.05) is 30.5 Å². The zero-order chi connectivity index (χ0) is 15.4. The first-order chi connectivity index (χ1) is 10.8. The van der Waals surface area contributed by atoms with E-state index in [2.05, 4.69) is 44.9 Å². The molecule has 0 spiro atoms. The van der Waals surface area contributed by atoms with Gasteiger partial charge in [-0.25, -0.2) is 4.98 Å². The van der Waals surface area contributed by atoms with Gasteiger partial charge in [0.05, 0.1) is 6.61 Å². The van der Waals surface area contributed by atoms with E-state index >= 15 is 0 Å². The molecule has 2 aromatic rings. The Hall–Kier alpha value is -1.55. The minimum absolute atomic E-state index is 0.759. The third-order valence-corrected chi connectivity index (χ3v) is 4.40. The third kappa shape index (κ3) is 4.01. The Labute approximate surface area is 140 Å². The molecule has 3 rings (SSSR count). The fourth-order valence-corrected chi connectivity index (χ4v) is 2.81. The van der Waals surface area contributed by atoms with Gasteiger partial charge in [0.1, 0.15) is 11.6 Å². The molecular formula is C18H21BrN2O. The van der Waals surface area contributed by atoms with Crippen LogP contribution in [0.3, 0.4) is 0 Å². The van der Waals surface area contributed by atoms with Gasteiger partial charge in [-0.1, -0.05) is 22.0 Å². The zero-order valence-electron chi connectivity index (χ0n) is 12.8. The molecule has 0 N–H and O–H groups in total. The number of ether oxygens (including phenoxy) is 1. The van der Waals surface area contributed by atoms with Crippen molar-refractivity contribution in [3.8, 4) is 5.75 Å². The molecule has 0 saturated heterocycles. The van der Waals surface area contributed by atoms with E-state index < -0.39 is 0 Å². The van der Waals surface area contributed by atoms with Crippen LogP contribution in [-0.2, 0) is 6.54 Å². The van der Waals surface area contributed by atoms with E-state index in [-0.39, 0.29) is 0 Å². The number of aromatic nitrogens is 1. The average molecular weight is 361 g/mol. The summed E-state index contributed by atoms with van der Waals surface area (Å²) in [5, 5.41) is 0. The lowest BCUT2D eigenvalue weighted by molar-refractivity contribution is 0.296. The van der Waals surface area contributed by atoms with Crippen LogP contribution in [0.1, 0.15) is 25.3 Å². The molecule has 1 aliphatic carbocycles. The van der Waals surface area contributed by atoms with E-state index in [1.165, 1.54) is 18.4 Å². The summed E-state index contributed by atoms with van der Waals surface area (Å²) in [5.74, 6) is 2.75. The molecule has 1 aromatic heterocycles. The highest BCUT2D eigenvalue weighted by Gasteiger charge is 2.22. The van der Waals surface area contributed by atoms with Crippen molar-refractivity contribution in [2.45, 2.75) is 26.3 Å². The normalized spacial score (nSPS) is 13.9. The predicted molar refractivity (Wildman–Crippen MR) is 93.3 cm³/mol. The van der Waals surface area contributed by atoms with Gasteiger partial charge in [-0.15, -0.1) is 0 Å². The number of pyridine rings is 1. The summed E-state index contributed by atoms with van der Waals surface area (Å²) in [6.07, 6.45) is 4.45. The summed E-state index contributed by atoms with van der Waals surface area (Å²) in [7, 11) is 0. The summed E-state index contributed by atoms with van der Waals surface area (Å²) in [4.78, 5) is 6.71. The Kier molecular flexibility index (Phi) is 4.98. The summed E-state index contributed by atoms with van der Waals surface area (Å²) < 4.78 is 7.11. The first kappa shape index (κ1) is 15.3. The third-order valence-electron chi connectivity index (χ3n) is 3.91. The van der Waals surface area contributed by atoms with E-state index in [9.17, 15) is 0 Å². The van der Waals surface area contributed by atoms with E-state index in [4.69, 9.17) is 4.74 Å². The maximum absolute atomic E-state index is 6.03. The number of hydrogen-bond donors (Lipinski definition) is 0. The summed E-state index contributed by atoms with van der Waals surface area (Å²) >= 11 is 3.57. The first-order valence-corrected chi connectivity index (χ1v) is 8.62. The van der Waals surface area contributed by atoms with Crippen LogP contribution in [0.25, 0.3) is 0 Å².